The van der Waals surface area contributed by atoms with Crippen molar-refractivity contribution in [3.05, 3.63) is 41.6 Å². The van der Waals surface area contributed by atoms with Crippen molar-refractivity contribution in [3.8, 4) is 0 Å². The molecule has 0 saturated heterocycles. The van der Waals surface area contributed by atoms with Crippen LogP contribution in [0, 0.1) is 12.8 Å². The lowest BCUT2D eigenvalue weighted by molar-refractivity contribution is -0.119. The van der Waals surface area contributed by atoms with Crippen molar-refractivity contribution in [1.29, 1.82) is 0 Å². The zero-order chi connectivity index (χ0) is 12.3. The molecule has 17 heavy (non-hydrogen) atoms. The van der Waals surface area contributed by atoms with Crippen molar-refractivity contribution in [3.63, 3.8) is 0 Å². The molecule has 0 amide bonds. The van der Waals surface area contributed by atoms with Crippen LogP contribution in [0.25, 0.3) is 0 Å². The van der Waals surface area contributed by atoms with Gasteiger partial charge in [-0.05, 0) is 43.9 Å². The third-order valence-corrected chi connectivity index (χ3v) is 3.28. The van der Waals surface area contributed by atoms with E-state index in [1.54, 1.807) is 0 Å². The number of anilines is 1. The van der Waals surface area contributed by atoms with Crippen LogP contribution in [-0.4, -0.2) is 5.78 Å². The summed E-state index contributed by atoms with van der Waals surface area (Å²) in [4.78, 5) is 11.9. The highest BCUT2D eigenvalue weighted by Crippen LogP contribution is 2.24. The molecule has 0 spiro atoms. The lowest BCUT2D eigenvalue weighted by Crippen LogP contribution is -2.19. The minimum absolute atomic E-state index is 0.189. The van der Waals surface area contributed by atoms with E-state index < -0.39 is 0 Å². The largest absolute Gasteiger partial charge is 0.361 e. The minimum atomic E-state index is 0.189. The number of aryl methyl sites for hydroxylation is 1. The molecule has 2 nitrogen and oxygen atoms in total. The van der Waals surface area contributed by atoms with Crippen LogP contribution >= 0.6 is 0 Å². The van der Waals surface area contributed by atoms with E-state index in [9.17, 15) is 4.79 Å². The fourth-order valence-corrected chi connectivity index (χ4v) is 2.22. The smallest absolute Gasteiger partial charge is 0.163 e. The highest BCUT2D eigenvalue weighted by molar-refractivity contribution is 5.97. The van der Waals surface area contributed by atoms with E-state index in [4.69, 9.17) is 0 Å². The SMILES string of the molecule is Cc1cccc(N/C=C2/CCC[C@H](C)C2=O)c1. The van der Waals surface area contributed by atoms with Gasteiger partial charge in [0.1, 0.15) is 0 Å². The van der Waals surface area contributed by atoms with Crippen LogP contribution < -0.4 is 5.32 Å². The van der Waals surface area contributed by atoms with Gasteiger partial charge in [0, 0.05) is 23.4 Å². The maximum Gasteiger partial charge on any atom is 0.163 e. The number of ketones is 1. The number of carbonyl (C=O) groups excluding carboxylic acids is 1. The topological polar surface area (TPSA) is 29.1 Å². The van der Waals surface area contributed by atoms with Gasteiger partial charge in [-0.25, -0.2) is 0 Å². The van der Waals surface area contributed by atoms with Gasteiger partial charge in [0.15, 0.2) is 5.78 Å². The first kappa shape index (κ1) is 11.9. The lowest BCUT2D eigenvalue weighted by atomic mass is 9.86. The molecule has 0 aliphatic heterocycles. The first-order valence-corrected chi connectivity index (χ1v) is 6.23. The van der Waals surface area contributed by atoms with Crippen LogP contribution in [0.4, 0.5) is 5.69 Å². The van der Waals surface area contributed by atoms with Crippen molar-refractivity contribution < 1.29 is 4.79 Å². The van der Waals surface area contributed by atoms with E-state index in [1.807, 2.05) is 25.3 Å². The first-order valence-electron chi connectivity index (χ1n) is 6.23. The number of benzene rings is 1. The molecule has 1 aliphatic carbocycles. The molecule has 2 heteroatoms. The van der Waals surface area contributed by atoms with Gasteiger partial charge in [0.25, 0.3) is 0 Å². The highest BCUT2D eigenvalue weighted by Gasteiger charge is 2.22. The molecule has 0 aromatic heterocycles. The van der Waals surface area contributed by atoms with Gasteiger partial charge >= 0.3 is 0 Å². The van der Waals surface area contributed by atoms with E-state index >= 15 is 0 Å². The molecule has 0 radical (unpaired) electrons. The van der Waals surface area contributed by atoms with Gasteiger partial charge < -0.3 is 5.32 Å². The van der Waals surface area contributed by atoms with Crippen LogP contribution in [0.1, 0.15) is 31.7 Å². The van der Waals surface area contributed by atoms with Crippen molar-refractivity contribution >= 4 is 11.5 Å². The van der Waals surface area contributed by atoms with Crippen LogP contribution in [0.2, 0.25) is 0 Å². The maximum atomic E-state index is 11.9. The van der Waals surface area contributed by atoms with Gasteiger partial charge in [0.2, 0.25) is 0 Å². The molecule has 1 fully saturated rings. The summed E-state index contributed by atoms with van der Waals surface area (Å²) in [5.74, 6) is 0.491. The third kappa shape index (κ3) is 2.96. The molecule has 1 aromatic carbocycles. The van der Waals surface area contributed by atoms with Crippen molar-refractivity contribution in [2.24, 2.45) is 5.92 Å². The average molecular weight is 229 g/mol. The molecule has 1 N–H and O–H groups in total. The standard InChI is InChI=1S/C15H19NO/c1-11-5-3-8-14(9-11)16-10-13-7-4-6-12(2)15(13)17/h3,5,8-10,12,16H,4,6-7H2,1-2H3/b13-10-/t12-/m0/s1. The summed E-state index contributed by atoms with van der Waals surface area (Å²) >= 11 is 0. The van der Waals surface area contributed by atoms with E-state index in [0.29, 0.717) is 5.78 Å². The Morgan fingerprint density at radius 1 is 1.41 bits per heavy atom. The number of nitrogens with one attached hydrogen (secondary N) is 1. The molecule has 1 aromatic rings. The van der Waals surface area contributed by atoms with E-state index in [-0.39, 0.29) is 5.92 Å². The molecule has 0 unspecified atom stereocenters. The van der Waals surface area contributed by atoms with Gasteiger partial charge in [-0.15, -0.1) is 0 Å². The lowest BCUT2D eigenvalue weighted by Gasteiger charge is -2.19. The second-order valence-corrected chi connectivity index (χ2v) is 4.84. The molecule has 0 heterocycles. The summed E-state index contributed by atoms with van der Waals surface area (Å²) in [6.45, 7) is 4.08. The average Bonchev–Trinajstić information content (AvgIpc) is 2.31. The Morgan fingerprint density at radius 2 is 2.24 bits per heavy atom. The molecule has 1 atom stereocenters. The molecule has 1 saturated carbocycles. The fourth-order valence-electron chi connectivity index (χ4n) is 2.22. The number of hydrogen-bond acceptors (Lipinski definition) is 2. The van der Waals surface area contributed by atoms with Gasteiger partial charge in [0.05, 0.1) is 0 Å². The normalized spacial score (nSPS) is 22.8. The first-order chi connectivity index (χ1) is 8.16. The third-order valence-electron chi connectivity index (χ3n) is 3.28. The molecular weight excluding hydrogens is 210 g/mol. The Bertz CT molecular complexity index is 448. The minimum Gasteiger partial charge on any atom is -0.361 e. The van der Waals surface area contributed by atoms with Gasteiger partial charge in [-0.2, -0.15) is 0 Å². The number of Topliss-reactive ketones (excluding diaryl/α,β-unsaturated/α-hetero) is 1. The number of allylic oxidation sites excluding steroid dienone is 1. The second-order valence-electron chi connectivity index (χ2n) is 4.84. The summed E-state index contributed by atoms with van der Waals surface area (Å²) in [6, 6.07) is 8.17. The van der Waals surface area contributed by atoms with E-state index in [1.165, 1.54) is 5.56 Å². The predicted molar refractivity (Wildman–Crippen MR) is 70.9 cm³/mol. The Kier molecular flexibility index (Phi) is 3.62. The summed E-state index contributed by atoms with van der Waals surface area (Å²) in [7, 11) is 0. The second kappa shape index (κ2) is 5.17. The summed E-state index contributed by atoms with van der Waals surface area (Å²) in [6.07, 6.45) is 4.93. The molecule has 2 rings (SSSR count). The van der Waals surface area contributed by atoms with Gasteiger partial charge in [-0.1, -0.05) is 19.1 Å². The Labute approximate surface area is 103 Å². The number of rotatable bonds is 2. The maximum absolute atomic E-state index is 11.9. The fraction of sp³-hybridized carbons (Fsp3) is 0.400. The van der Waals surface area contributed by atoms with Crippen LogP contribution in [0.5, 0.6) is 0 Å². The number of carbonyl (C=O) groups is 1. The summed E-state index contributed by atoms with van der Waals surface area (Å²) < 4.78 is 0. The molecule has 90 valence electrons. The van der Waals surface area contributed by atoms with Crippen molar-refractivity contribution in [2.75, 3.05) is 5.32 Å². The molecular formula is C15H19NO. The summed E-state index contributed by atoms with van der Waals surface area (Å²) in [5, 5.41) is 3.22. The van der Waals surface area contributed by atoms with E-state index in [2.05, 4.69) is 24.4 Å². The number of hydrogen-bond donors (Lipinski definition) is 1. The highest BCUT2D eigenvalue weighted by atomic mass is 16.1. The summed E-state index contributed by atoms with van der Waals surface area (Å²) in [5.41, 5.74) is 3.20. The van der Waals surface area contributed by atoms with Crippen LogP contribution in [-0.2, 0) is 4.79 Å². The quantitative estimate of drug-likeness (QED) is 0.784. The monoisotopic (exact) mass is 229 g/mol. The Morgan fingerprint density at radius 3 is 3.00 bits per heavy atom. The molecule has 1 aliphatic rings. The predicted octanol–water partition coefficient (Wildman–Crippen LogP) is 3.68. The zero-order valence-corrected chi connectivity index (χ0v) is 10.5. The van der Waals surface area contributed by atoms with Crippen LogP contribution in [0.15, 0.2) is 36.0 Å². The van der Waals surface area contributed by atoms with Crippen molar-refractivity contribution in [1.82, 2.24) is 0 Å². The Balaban J connectivity index is 2.07. The Hall–Kier alpha value is -1.57. The van der Waals surface area contributed by atoms with Crippen molar-refractivity contribution in [2.45, 2.75) is 33.1 Å². The zero-order valence-electron chi connectivity index (χ0n) is 10.5. The van der Waals surface area contributed by atoms with Crippen LogP contribution in [0.3, 0.4) is 0 Å². The van der Waals surface area contributed by atoms with E-state index in [0.717, 1.165) is 30.5 Å². The molecule has 0 bridgehead atoms. The van der Waals surface area contributed by atoms with Gasteiger partial charge in [-0.3, -0.25) is 4.79 Å².